The van der Waals surface area contributed by atoms with Crippen LogP contribution in [-0.4, -0.2) is 53.1 Å². The molecule has 0 fully saturated rings. The van der Waals surface area contributed by atoms with E-state index >= 15 is 0 Å². The first kappa shape index (κ1) is 32.9. The largest absolute Gasteiger partial charge is 0.469 e. The molecule has 2 aromatic rings. The number of esters is 2. The lowest BCUT2D eigenvalue weighted by Crippen LogP contribution is -2.40. The van der Waals surface area contributed by atoms with Crippen LogP contribution in [0.5, 0.6) is 0 Å². The highest BCUT2D eigenvalue weighted by atomic mass is 79.9. The number of aliphatic imine (C=N–C) groups is 2. The molecule has 44 heavy (non-hydrogen) atoms. The molecule has 0 aromatic carbocycles. The second-order valence-corrected chi connectivity index (χ2v) is 12.9. The summed E-state index contributed by atoms with van der Waals surface area (Å²) >= 11 is 3.53. The van der Waals surface area contributed by atoms with Crippen LogP contribution in [0, 0.1) is 36.5 Å². The van der Waals surface area contributed by atoms with Gasteiger partial charge in [0.25, 0.3) is 0 Å². The Morgan fingerprint density at radius 2 is 1.70 bits per heavy atom. The summed E-state index contributed by atoms with van der Waals surface area (Å²) in [7, 11) is 2.75. The van der Waals surface area contributed by atoms with E-state index in [2.05, 4.69) is 57.1 Å². The van der Waals surface area contributed by atoms with Gasteiger partial charge in [-0.15, -0.1) is 0 Å². The van der Waals surface area contributed by atoms with Crippen molar-refractivity contribution in [2.45, 2.75) is 72.8 Å². The molecular weight excluding hydrogens is 622 g/mol. The fourth-order valence-electron chi connectivity index (χ4n) is 5.80. The number of aryl methyl sites for hydroxylation is 2. The number of nitrogens with zero attached hydrogens (tertiary/aromatic N) is 3. The third-order valence-corrected chi connectivity index (χ3v) is 9.86. The maximum atomic E-state index is 12.1. The number of aromatic nitrogens is 2. The predicted octanol–water partition coefficient (Wildman–Crippen LogP) is 5.27. The fourth-order valence-corrected chi connectivity index (χ4v) is 6.15. The summed E-state index contributed by atoms with van der Waals surface area (Å²) in [5.74, 6) is -0.786. The number of nitrogens with one attached hydrogen (secondary N) is 2. The van der Waals surface area contributed by atoms with Gasteiger partial charge < -0.3 is 19.4 Å². The topological polar surface area (TPSA) is 133 Å². The minimum atomic E-state index is -0.982. The lowest BCUT2D eigenvalue weighted by Gasteiger charge is -2.35. The van der Waals surface area contributed by atoms with E-state index in [9.17, 15) is 14.9 Å². The van der Waals surface area contributed by atoms with Crippen LogP contribution in [0.1, 0.15) is 70.2 Å². The molecule has 232 valence electrons. The van der Waals surface area contributed by atoms with Gasteiger partial charge in [0.05, 0.1) is 36.3 Å². The van der Waals surface area contributed by atoms with Gasteiger partial charge in [-0.05, 0) is 109 Å². The van der Waals surface area contributed by atoms with Gasteiger partial charge in [-0.1, -0.05) is 13.8 Å². The zero-order valence-corrected chi connectivity index (χ0v) is 28.2. The minimum Gasteiger partial charge on any atom is -0.469 e. The highest BCUT2D eigenvalue weighted by Gasteiger charge is 2.53. The molecule has 0 radical (unpaired) electrons. The Morgan fingerprint density at radius 3 is 2.32 bits per heavy atom. The van der Waals surface area contributed by atoms with E-state index in [1.54, 1.807) is 0 Å². The molecule has 2 unspecified atom stereocenters. The van der Waals surface area contributed by atoms with Crippen molar-refractivity contribution >= 4 is 51.4 Å². The van der Waals surface area contributed by atoms with Crippen LogP contribution >= 0.6 is 15.9 Å². The summed E-state index contributed by atoms with van der Waals surface area (Å²) < 4.78 is 10.8. The van der Waals surface area contributed by atoms with E-state index in [-0.39, 0.29) is 30.7 Å². The third kappa shape index (κ3) is 6.58. The summed E-state index contributed by atoms with van der Waals surface area (Å²) in [5, 5.41) is 12.0. The number of halogens is 1. The number of hydrogen-bond acceptors (Lipinski definition) is 7. The first-order valence-corrected chi connectivity index (χ1v) is 15.4. The van der Waals surface area contributed by atoms with Gasteiger partial charge in [-0.3, -0.25) is 14.6 Å². The molecule has 0 amide bonds. The molecule has 0 saturated carbocycles. The van der Waals surface area contributed by atoms with Crippen molar-refractivity contribution in [3.05, 3.63) is 67.2 Å². The molecule has 2 aliphatic heterocycles. The smallest absolute Gasteiger partial charge is 0.305 e. The van der Waals surface area contributed by atoms with E-state index in [1.807, 2.05) is 46.8 Å². The van der Waals surface area contributed by atoms with Crippen LogP contribution in [0.25, 0.3) is 12.2 Å². The second-order valence-electron chi connectivity index (χ2n) is 12.1. The van der Waals surface area contributed by atoms with Crippen LogP contribution in [0.2, 0.25) is 0 Å². The molecule has 0 aliphatic carbocycles. The number of allylic oxidation sites excluding steroid dienone is 3. The molecule has 2 N–H and O–H groups in total. The fraction of sp³-hybridized carbons (Fsp3) is 0.441. The van der Waals surface area contributed by atoms with E-state index in [1.165, 1.54) is 14.2 Å². The Bertz CT molecular complexity index is 1760. The van der Waals surface area contributed by atoms with Crippen LogP contribution in [0.4, 0.5) is 0 Å². The monoisotopic (exact) mass is 661 g/mol. The normalized spacial score (nSPS) is 22.8. The summed E-state index contributed by atoms with van der Waals surface area (Å²) in [6.07, 6.45) is 7.34. The maximum Gasteiger partial charge on any atom is 0.305 e. The molecule has 0 saturated heterocycles. The molecule has 2 aromatic heterocycles. The Hall–Kier alpha value is -3.97. The van der Waals surface area contributed by atoms with Crippen molar-refractivity contribution in [1.29, 1.82) is 5.26 Å². The Kier molecular flexibility index (Phi) is 9.69. The Labute approximate surface area is 266 Å². The number of hydrogen-bond donors (Lipinski definition) is 2. The van der Waals surface area contributed by atoms with E-state index in [0.29, 0.717) is 24.3 Å². The zero-order valence-electron chi connectivity index (χ0n) is 26.6. The molecule has 2 atom stereocenters. The number of carbonyl (C=O) groups excluding carboxylic acids is 2. The van der Waals surface area contributed by atoms with Gasteiger partial charge in [-0.25, -0.2) is 4.99 Å². The molecule has 9 nitrogen and oxygen atoms in total. The molecular formula is C34H40BrN5O4. The average Bonchev–Trinajstić information content (AvgIpc) is 3.64. The van der Waals surface area contributed by atoms with Gasteiger partial charge in [0.1, 0.15) is 5.54 Å². The van der Waals surface area contributed by atoms with Crippen LogP contribution in [0.15, 0.2) is 49.6 Å². The lowest BCUT2D eigenvalue weighted by atomic mass is 9.66. The molecule has 10 heteroatoms. The van der Waals surface area contributed by atoms with E-state index in [4.69, 9.17) is 19.5 Å². The number of methoxy groups -OCH3 is 2. The maximum absolute atomic E-state index is 12.1. The predicted molar refractivity (Wildman–Crippen MR) is 175 cm³/mol. The van der Waals surface area contributed by atoms with Crippen molar-refractivity contribution in [1.82, 2.24) is 9.97 Å². The van der Waals surface area contributed by atoms with Crippen molar-refractivity contribution in [2.24, 2.45) is 21.3 Å². The second kappa shape index (κ2) is 12.9. The molecule has 0 bridgehead atoms. The first-order valence-electron chi connectivity index (χ1n) is 14.6. The van der Waals surface area contributed by atoms with E-state index < -0.39 is 11.0 Å². The number of H-pyrrole nitrogens is 2. The molecule has 4 rings (SSSR count). The number of nitriles is 1. The standard InChI is InChI=1S/C34H40BrN5O4/c1-19-13-22(37-26(19)15-23-14-20(2)32(35)38-23)16-27-21(3)24(9-11-30(41)43-7)28(39-27)17-29-25(10-12-31(42)44-8)33(4,5)34(6,18-36)40-29/h13-17,25,37-38H,9-12H2,1-8H3/b22-16-,26-15-,28-17-. The molecule has 0 spiro atoms. The van der Waals surface area contributed by atoms with Crippen LogP contribution in [-0.2, 0) is 19.1 Å². The van der Waals surface area contributed by atoms with Crippen molar-refractivity contribution < 1.29 is 19.1 Å². The molecule has 4 heterocycles. The highest BCUT2D eigenvalue weighted by molar-refractivity contribution is 9.10. The van der Waals surface area contributed by atoms with Crippen molar-refractivity contribution in [2.75, 3.05) is 14.2 Å². The van der Waals surface area contributed by atoms with Crippen LogP contribution < -0.4 is 10.7 Å². The van der Waals surface area contributed by atoms with Crippen molar-refractivity contribution in [3.8, 4) is 6.07 Å². The third-order valence-electron chi connectivity index (χ3n) is 9.04. The van der Waals surface area contributed by atoms with Gasteiger partial charge in [0, 0.05) is 46.3 Å². The first-order chi connectivity index (χ1) is 20.7. The summed E-state index contributed by atoms with van der Waals surface area (Å²) in [6, 6.07) is 6.55. The zero-order chi connectivity index (χ0) is 32.4. The van der Waals surface area contributed by atoms with Gasteiger partial charge in [-0.2, -0.15) is 5.26 Å². The van der Waals surface area contributed by atoms with Gasteiger partial charge in [0.15, 0.2) is 0 Å². The Balaban J connectivity index is 1.79. The number of aromatic amines is 2. The quantitative estimate of drug-likeness (QED) is 0.353. The number of rotatable bonds is 9. The summed E-state index contributed by atoms with van der Waals surface area (Å²) in [4.78, 5) is 40.9. The summed E-state index contributed by atoms with van der Waals surface area (Å²) in [5.41, 5.74) is 5.74. The average molecular weight is 663 g/mol. The van der Waals surface area contributed by atoms with Gasteiger partial charge in [0.2, 0.25) is 0 Å². The Morgan fingerprint density at radius 1 is 1.02 bits per heavy atom. The minimum absolute atomic E-state index is 0.176. The van der Waals surface area contributed by atoms with E-state index in [0.717, 1.165) is 49.0 Å². The lowest BCUT2D eigenvalue weighted by molar-refractivity contribution is -0.141. The highest BCUT2D eigenvalue weighted by Crippen LogP contribution is 2.49. The number of carbonyl (C=O) groups is 2. The SMILES string of the molecule is COC(=O)CCC1=C(C)C(/C=c2/cc(C)/c(=C/c3cc(C)c(Br)[nH]3)[nH]2)=NC/1=C\C1=NC(C)(C#N)C(C)(C)C1CCC(=O)OC. The van der Waals surface area contributed by atoms with Crippen LogP contribution in [0.3, 0.4) is 0 Å². The van der Waals surface area contributed by atoms with Crippen molar-refractivity contribution in [3.63, 3.8) is 0 Å². The number of ether oxygens (including phenoxy) is 2. The summed E-state index contributed by atoms with van der Waals surface area (Å²) in [6.45, 7) is 11.9. The molecule has 2 aliphatic rings. The van der Waals surface area contributed by atoms with Gasteiger partial charge >= 0.3 is 11.9 Å².